The molecule has 0 bridgehead atoms. The molecule has 0 saturated heterocycles. The van der Waals surface area contributed by atoms with Crippen LogP contribution in [0, 0.1) is 0 Å². The zero-order chi connectivity index (χ0) is 15.9. The number of nitrogens with zero attached hydrogens (tertiary/aromatic N) is 1. The zero-order valence-corrected chi connectivity index (χ0v) is 12.7. The molecule has 0 fully saturated rings. The summed E-state index contributed by atoms with van der Waals surface area (Å²) >= 11 is 0. The second kappa shape index (κ2) is 7.61. The SMILES string of the molecule is CC(C)Oc1cccc(C(O)CNC(=O)Cc2ccon2)c1. The standard InChI is InChI=1S/C16H20N2O4/c1-11(2)22-14-5-3-4-12(8-14)15(19)10-17-16(20)9-13-6-7-21-18-13/h3-8,11,15,19H,9-10H2,1-2H3,(H,17,20). The summed E-state index contributed by atoms with van der Waals surface area (Å²) in [6, 6.07) is 8.84. The Balaban J connectivity index is 1.86. The maximum Gasteiger partial charge on any atom is 0.226 e. The monoisotopic (exact) mass is 304 g/mol. The lowest BCUT2D eigenvalue weighted by molar-refractivity contribution is -0.121. The molecule has 6 nitrogen and oxygen atoms in total. The molecule has 22 heavy (non-hydrogen) atoms. The quantitative estimate of drug-likeness (QED) is 0.815. The van der Waals surface area contributed by atoms with Gasteiger partial charge in [0.15, 0.2) is 0 Å². The minimum absolute atomic E-state index is 0.0644. The largest absolute Gasteiger partial charge is 0.491 e. The summed E-state index contributed by atoms with van der Waals surface area (Å²) in [7, 11) is 0. The molecule has 0 spiro atoms. The lowest BCUT2D eigenvalue weighted by Crippen LogP contribution is -2.29. The van der Waals surface area contributed by atoms with Crippen LogP contribution in [0.3, 0.4) is 0 Å². The van der Waals surface area contributed by atoms with Crippen molar-refractivity contribution in [2.24, 2.45) is 0 Å². The number of hydrogen-bond acceptors (Lipinski definition) is 5. The van der Waals surface area contributed by atoms with Crippen molar-refractivity contribution < 1.29 is 19.2 Å². The Bertz CT molecular complexity index is 596. The third kappa shape index (κ3) is 4.89. The molecule has 1 heterocycles. The van der Waals surface area contributed by atoms with E-state index in [2.05, 4.69) is 15.0 Å². The molecule has 0 aliphatic rings. The van der Waals surface area contributed by atoms with Crippen LogP contribution in [0.5, 0.6) is 5.75 Å². The summed E-state index contributed by atoms with van der Waals surface area (Å²) < 4.78 is 10.2. The second-order valence-corrected chi connectivity index (χ2v) is 5.23. The van der Waals surface area contributed by atoms with Crippen molar-refractivity contribution in [1.82, 2.24) is 10.5 Å². The van der Waals surface area contributed by atoms with Crippen LogP contribution in [0.2, 0.25) is 0 Å². The van der Waals surface area contributed by atoms with Crippen LogP contribution in [-0.2, 0) is 11.2 Å². The lowest BCUT2D eigenvalue weighted by atomic mass is 10.1. The topological polar surface area (TPSA) is 84.6 Å². The van der Waals surface area contributed by atoms with Gasteiger partial charge in [0.25, 0.3) is 0 Å². The van der Waals surface area contributed by atoms with Gasteiger partial charge in [-0.05, 0) is 31.5 Å². The average Bonchev–Trinajstić information content (AvgIpc) is 2.97. The van der Waals surface area contributed by atoms with E-state index in [0.717, 1.165) is 0 Å². The van der Waals surface area contributed by atoms with E-state index >= 15 is 0 Å². The van der Waals surface area contributed by atoms with Crippen LogP contribution < -0.4 is 10.1 Å². The molecule has 1 aromatic carbocycles. The summed E-state index contributed by atoms with van der Waals surface area (Å²) in [6.45, 7) is 4.00. The van der Waals surface area contributed by atoms with Gasteiger partial charge in [-0.2, -0.15) is 0 Å². The molecule has 1 atom stereocenters. The first-order valence-electron chi connectivity index (χ1n) is 7.15. The molecule has 6 heteroatoms. The minimum atomic E-state index is -0.794. The summed E-state index contributed by atoms with van der Waals surface area (Å²) in [5.41, 5.74) is 1.25. The molecule has 2 N–H and O–H groups in total. The van der Waals surface area contributed by atoms with Gasteiger partial charge in [-0.1, -0.05) is 17.3 Å². The number of carbonyl (C=O) groups is 1. The van der Waals surface area contributed by atoms with Crippen molar-refractivity contribution in [2.45, 2.75) is 32.5 Å². The summed E-state index contributed by atoms with van der Waals surface area (Å²) in [5.74, 6) is 0.475. The number of aromatic nitrogens is 1. The van der Waals surface area contributed by atoms with Crippen molar-refractivity contribution in [3.8, 4) is 5.75 Å². The third-order valence-corrected chi connectivity index (χ3v) is 2.94. The van der Waals surface area contributed by atoms with Crippen LogP contribution in [0.1, 0.15) is 31.2 Å². The van der Waals surface area contributed by atoms with E-state index in [1.807, 2.05) is 26.0 Å². The lowest BCUT2D eigenvalue weighted by Gasteiger charge is -2.15. The van der Waals surface area contributed by atoms with Gasteiger partial charge in [0.05, 0.1) is 24.3 Å². The number of aliphatic hydroxyl groups is 1. The molecule has 0 aliphatic heterocycles. The van der Waals surface area contributed by atoms with E-state index in [0.29, 0.717) is 17.0 Å². The number of carbonyl (C=O) groups excluding carboxylic acids is 1. The number of amides is 1. The Morgan fingerprint density at radius 3 is 2.91 bits per heavy atom. The molecular formula is C16H20N2O4. The maximum atomic E-state index is 11.7. The predicted molar refractivity (Wildman–Crippen MR) is 80.4 cm³/mol. The second-order valence-electron chi connectivity index (χ2n) is 5.23. The first-order chi connectivity index (χ1) is 10.5. The van der Waals surface area contributed by atoms with Gasteiger partial charge in [0.2, 0.25) is 5.91 Å². The smallest absolute Gasteiger partial charge is 0.226 e. The number of benzene rings is 1. The van der Waals surface area contributed by atoms with Crippen molar-refractivity contribution >= 4 is 5.91 Å². The number of ether oxygens (including phenoxy) is 1. The van der Waals surface area contributed by atoms with E-state index in [4.69, 9.17) is 4.74 Å². The van der Waals surface area contributed by atoms with E-state index in [1.54, 1.807) is 18.2 Å². The van der Waals surface area contributed by atoms with Crippen LogP contribution in [0.25, 0.3) is 0 Å². The Morgan fingerprint density at radius 2 is 2.23 bits per heavy atom. The summed E-state index contributed by atoms with van der Waals surface area (Å²) in [6.07, 6.45) is 0.809. The Hall–Kier alpha value is -2.34. The zero-order valence-electron chi connectivity index (χ0n) is 12.7. The average molecular weight is 304 g/mol. The van der Waals surface area contributed by atoms with Crippen LogP contribution in [0.15, 0.2) is 41.1 Å². The molecule has 0 saturated carbocycles. The molecule has 0 aliphatic carbocycles. The number of aliphatic hydroxyl groups excluding tert-OH is 1. The van der Waals surface area contributed by atoms with Crippen LogP contribution in [-0.4, -0.2) is 28.8 Å². The molecule has 1 aromatic heterocycles. The van der Waals surface area contributed by atoms with Crippen molar-refractivity contribution in [2.75, 3.05) is 6.54 Å². The van der Waals surface area contributed by atoms with Gasteiger partial charge >= 0.3 is 0 Å². The molecule has 118 valence electrons. The van der Waals surface area contributed by atoms with Gasteiger partial charge in [-0.25, -0.2) is 0 Å². The fraction of sp³-hybridized carbons (Fsp3) is 0.375. The number of hydrogen-bond donors (Lipinski definition) is 2. The van der Waals surface area contributed by atoms with Gasteiger partial charge in [0.1, 0.15) is 12.0 Å². The molecular weight excluding hydrogens is 284 g/mol. The van der Waals surface area contributed by atoms with Crippen molar-refractivity contribution in [3.63, 3.8) is 0 Å². The van der Waals surface area contributed by atoms with Crippen molar-refractivity contribution in [1.29, 1.82) is 0 Å². The fourth-order valence-electron chi connectivity index (χ4n) is 1.95. The molecule has 2 aromatic rings. The minimum Gasteiger partial charge on any atom is -0.491 e. The highest BCUT2D eigenvalue weighted by Gasteiger charge is 2.12. The molecule has 1 unspecified atom stereocenters. The van der Waals surface area contributed by atoms with E-state index in [1.165, 1.54) is 6.26 Å². The highest BCUT2D eigenvalue weighted by atomic mass is 16.5. The number of nitrogens with one attached hydrogen (secondary N) is 1. The summed E-state index contributed by atoms with van der Waals surface area (Å²) in [4.78, 5) is 11.7. The fourth-order valence-corrected chi connectivity index (χ4v) is 1.95. The highest BCUT2D eigenvalue weighted by molar-refractivity contribution is 5.78. The predicted octanol–water partition coefficient (Wildman–Crippen LogP) is 1.85. The van der Waals surface area contributed by atoms with Crippen LogP contribution in [0.4, 0.5) is 0 Å². The van der Waals surface area contributed by atoms with Crippen LogP contribution >= 0.6 is 0 Å². The highest BCUT2D eigenvalue weighted by Crippen LogP contribution is 2.19. The number of rotatable bonds is 7. The molecule has 2 rings (SSSR count). The van der Waals surface area contributed by atoms with Gasteiger partial charge in [-0.15, -0.1) is 0 Å². The first kappa shape index (κ1) is 16.0. The Labute approximate surface area is 129 Å². The Morgan fingerprint density at radius 1 is 1.41 bits per heavy atom. The van der Waals surface area contributed by atoms with Crippen molar-refractivity contribution in [3.05, 3.63) is 47.9 Å². The Kier molecular flexibility index (Phi) is 5.55. The van der Waals surface area contributed by atoms with E-state index < -0.39 is 6.10 Å². The van der Waals surface area contributed by atoms with Gasteiger partial charge in [-0.3, -0.25) is 4.79 Å². The van der Waals surface area contributed by atoms with Gasteiger partial charge in [0, 0.05) is 12.6 Å². The summed E-state index contributed by atoms with van der Waals surface area (Å²) in [5, 5.41) is 16.5. The first-order valence-corrected chi connectivity index (χ1v) is 7.15. The maximum absolute atomic E-state index is 11.7. The van der Waals surface area contributed by atoms with E-state index in [-0.39, 0.29) is 25.0 Å². The molecule has 1 amide bonds. The van der Waals surface area contributed by atoms with E-state index in [9.17, 15) is 9.90 Å². The molecule has 0 radical (unpaired) electrons. The normalized spacial score (nSPS) is 12.2. The third-order valence-electron chi connectivity index (χ3n) is 2.94. The van der Waals surface area contributed by atoms with Gasteiger partial charge < -0.3 is 19.7 Å².